The average Bonchev–Trinajstić information content (AvgIpc) is 3.22. The van der Waals surface area contributed by atoms with Crippen molar-refractivity contribution in [2.75, 3.05) is 33.0 Å². The highest BCUT2D eigenvalue weighted by Crippen LogP contribution is 2.27. The first kappa shape index (κ1) is 36.3. The Morgan fingerprint density at radius 2 is 1.34 bits per heavy atom. The van der Waals surface area contributed by atoms with Crippen molar-refractivity contribution in [3.63, 3.8) is 0 Å². The molecule has 1 aliphatic rings. The lowest BCUT2D eigenvalue weighted by Gasteiger charge is -1.99. The van der Waals surface area contributed by atoms with E-state index in [1.165, 1.54) is 36.8 Å². The van der Waals surface area contributed by atoms with Gasteiger partial charge in [0.25, 0.3) is 0 Å². The van der Waals surface area contributed by atoms with E-state index in [1.54, 1.807) is 44.2 Å². The van der Waals surface area contributed by atoms with Gasteiger partial charge in [-0.05, 0) is 56.5 Å². The number of hydrogen-bond donors (Lipinski definition) is 3. The minimum atomic E-state index is 0.0278. The van der Waals surface area contributed by atoms with E-state index < -0.39 is 0 Å². The van der Waals surface area contributed by atoms with E-state index in [9.17, 15) is 24.0 Å². The van der Waals surface area contributed by atoms with Crippen molar-refractivity contribution < 1.29 is 38.9 Å². The third-order valence-electron chi connectivity index (χ3n) is 5.02. The van der Waals surface area contributed by atoms with Crippen molar-refractivity contribution in [3.8, 4) is 0 Å². The normalized spacial score (nSPS) is 11.2. The van der Waals surface area contributed by atoms with E-state index in [0.29, 0.717) is 41.5 Å². The maximum Gasteiger partial charge on any atom is 0.240 e. The minimum absolute atomic E-state index is 0.0278. The Balaban J connectivity index is 0.000000539. The number of aliphatic hydroxyl groups is 2. The standard InChI is InChI=1S/2C9H6N2O2.C6H11NO.C4H10O3/c1-7-2-3-8(10-5-12)4-9(7)11-6-13;1-7-8(10-5-12)3-2-4-9(7)11-6-13;8-6-4-2-1-3-5-7-6;5-1-3-7-4-2-6/h2*2-4H,1H3;1-5H2,(H,7,8);5-6H,1-4H2. The highest BCUT2D eigenvalue weighted by Gasteiger charge is 2.03. The van der Waals surface area contributed by atoms with Gasteiger partial charge >= 0.3 is 0 Å². The van der Waals surface area contributed by atoms with Gasteiger partial charge in [-0.1, -0.05) is 18.6 Å². The molecule has 13 heteroatoms. The lowest BCUT2D eigenvalue weighted by molar-refractivity contribution is -0.120. The molecule has 0 unspecified atom stereocenters. The molecule has 218 valence electrons. The number of carbonyl (C=O) groups is 1. The Labute approximate surface area is 237 Å². The molecule has 1 amide bonds. The summed E-state index contributed by atoms with van der Waals surface area (Å²) in [5, 5.41) is 19.0. The average molecular weight is 568 g/mol. The van der Waals surface area contributed by atoms with Crippen LogP contribution in [0.1, 0.15) is 36.8 Å². The molecular weight excluding hydrogens is 534 g/mol. The van der Waals surface area contributed by atoms with Gasteiger partial charge in [0.15, 0.2) is 0 Å². The van der Waals surface area contributed by atoms with Crippen LogP contribution in [0.4, 0.5) is 22.7 Å². The number of amides is 1. The van der Waals surface area contributed by atoms with Crippen LogP contribution in [0.2, 0.25) is 0 Å². The van der Waals surface area contributed by atoms with Crippen LogP contribution in [0.5, 0.6) is 0 Å². The zero-order valence-corrected chi connectivity index (χ0v) is 23.0. The lowest BCUT2D eigenvalue weighted by atomic mass is 10.1. The van der Waals surface area contributed by atoms with Gasteiger partial charge in [0.2, 0.25) is 30.2 Å². The van der Waals surface area contributed by atoms with Gasteiger partial charge in [-0.3, -0.25) is 4.79 Å². The molecule has 0 bridgehead atoms. The van der Waals surface area contributed by atoms with E-state index in [2.05, 4.69) is 30.0 Å². The van der Waals surface area contributed by atoms with Crippen molar-refractivity contribution in [1.82, 2.24) is 5.32 Å². The largest absolute Gasteiger partial charge is 0.394 e. The maximum absolute atomic E-state index is 10.6. The second-order valence-electron chi connectivity index (χ2n) is 7.92. The highest BCUT2D eigenvalue weighted by molar-refractivity contribution is 5.75. The summed E-state index contributed by atoms with van der Waals surface area (Å²) in [5.74, 6) is 0.225. The number of aryl methyl sites for hydroxylation is 1. The molecule has 1 heterocycles. The maximum atomic E-state index is 10.6. The number of ether oxygens (including phenoxy) is 1. The van der Waals surface area contributed by atoms with Gasteiger partial charge < -0.3 is 20.3 Å². The molecule has 1 aliphatic heterocycles. The van der Waals surface area contributed by atoms with Gasteiger partial charge in [-0.15, -0.1) is 0 Å². The molecule has 3 N–H and O–H groups in total. The van der Waals surface area contributed by atoms with E-state index in [-0.39, 0.29) is 19.1 Å². The Morgan fingerprint density at radius 1 is 0.780 bits per heavy atom. The first-order valence-electron chi connectivity index (χ1n) is 12.5. The van der Waals surface area contributed by atoms with Gasteiger partial charge in [-0.2, -0.15) is 20.0 Å². The summed E-state index contributed by atoms with van der Waals surface area (Å²) in [6, 6.07) is 9.81. The van der Waals surface area contributed by atoms with E-state index in [4.69, 9.17) is 10.2 Å². The van der Waals surface area contributed by atoms with Crippen molar-refractivity contribution >= 4 is 53.0 Å². The predicted molar refractivity (Wildman–Crippen MR) is 150 cm³/mol. The van der Waals surface area contributed by atoms with Crippen molar-refractivity contribution in [1.29, 1.82) is 0 Å². The van der Waals surface area contributed by atoms with Crippen LogP contribution in [-0.4, -0.2) is 73.4 Å². The van der Waals surface area contributed by atoms with Gasteiger partial charge in [0.1, 0.15) is 0 Å². The Hall–Kier alpha value is -4.69. The van der Waals surface area contributed by atoms with Gasteiger partial charge in [-0.25, -0.2) is 19.2 Å². The third-order valence-corrected chi connectivity index (χ3v) is 5.02. The predicted octanol–water partition coefficient (Wildman–Crippen LogP) is 3.52. The Bertz CT molecular complexity index is 1200. The molecule has 0 aliphatic carbocycles. The lowest BCUT2D eigenvalue weighted by Crippen LogP contribution is -2.21. The molecule has 41 heavy (non-hydrogen) atoms. The molecule has 0 atom stereocenters. The topological polar surface area (TPSA) is 197 Å². The number of carbonyl (C=O) groups excluding carboxylic acids is 5. The number of isocyanates is 4. The number of aliphatic imine (C=N–C) groups is 4. The number of nitrogens with one attached hydrogen (secondary N) is 1. The summed E-state index contributed by atoms with van der Waals surface area (Å²) in [5.41, 5.74) is 3.31. The molecule has 0 aromatic heterocycles. The summed E-state index contributed by atoms with van der Waals surface area (Å²) in [4.78, 5) is 64.2. The molecule has 0 spiro atoms. The molecule has 13 nitrogen and oxygen atoms in total. The van der Waals surface area contributed by atoms with Crippen LogP contribution in [0.3, 0.4) is 0 Å². The fourth-order valence-corrected chi connectivity index (χ4v) is 2.98. The Kier molecular flexibility index (Phi) is 21.6. The summed E-state index contributed by atoms with van der Waals surface area (Å²) >= 11 is 0. The fraction of sp³-hybridized carbons (Fsp3) is 0.393. The first-order valence-corrected chi connectivity index (χ1v) is 12.5. The second kappa shape index (κ2) is 24.4. The first-order chi connectivity index (χ1) is 19.9. The number of nitrogens with zero attached hydrogens (tertiary/aromatic N) is 4. The van der Waals surface area contributed by atoms with Gasteiger partial charge in [0.05, 0.1) is 49.2 Å². The minimum Gasteiger partial charge on any atom is -0.394 e. The molecule has 2 aromatic rings. The van der Waals surface area contributed by atoms with Crippen LogP contribution in [0, 0.1) is 13.8 Å². The quantitative estimate of drug-likeness (QED) is 0.244. The molecule has 3 rings (SSSR count). The number of hydrogen-bond acceptors (Lipinski definition) is 12. The highest BCUT2D eigenvalue weighted by atomic mass is 16.5. The van der Waals surface area contributed by atoms with Crippen LogP contribution in [0.25, 0.3) is 0 Å². The number of benzene rings is 2. The van der Waals surface area contributed by atoms with E-state index in [0.717, 1.165) is 31.4 Å². The summed E-state index contributed by atoms with van der Waals surface area (Å²) in [6.45, 7) is 5.09. The zero-order valence-electron chi connectivity index (χ0n) is 23.0. The fourth-order valence-electron chi connectivity index (χ4n) is 2.98. The second-order valence-corrected chi connectivity index (χ2v) is 7.92. The van der Waals surface area contributed by atoms with E-state index in [1.807, 2.05) is 0 Å². The molecule has 0 radical (unpaired) electrons. The van der Waals surface area contributed by atoms with Crippen LogP contribution >= 0.6 is 0 Å². The number of aliphatic hydroxyl groups excluding tert-OH is 2. The van der Waals surface area contributed by atoms with Crippen LogP contribution in [0.15, 0.2) is 56.4 Å². The van der Waals surface area contributed by atoms with Crippen LogP contribution < -0.4 is 5.32 Å². The van der Waals surface area contributed by atoms with E-state index >= 15 is 0 Å². The molecular formula is C28H33N5O8. The molecule has 1 saturated heterocycles. The third kappa shape index (κ3) is 17.5. The zero-order chi connectivity index (χ0) is 30.7. The molecule has 0 saturated carbocycles. The molecule has 2 aromatic carbocycles. The summed E-state index contributed by atoms with van der Waals surface area (Å²) in [7, 11) is 0. The van der Waals surface area contributed by atoms with Gasteiger partial charge in [0, 0.05) is 18.5 Å². The van der Waals surface area contributed by atoms with Crippen molar-refractivity contribution in [3.05, 3.63) is 47.5 Å². The SMILES string of the molecule is Cc1c(N=C=O)cccc1N=C=O.Cc1ccc(N=C=O)cc1N=C=O.O=C1CCCCCN1.OCCOCCO. The van der Waals surface area contributed by atoms with Crippen molar-refractivity contribution in [2.24, 2.45) is 20.0 Å². The molecule has 1 fully saturated rings. The monoisotopic (exact) mass is 567 g/mol. The summed E-state index contributed by atoms with van der Waals surface area (Å²) in [6.07, 6.45) is 9.87. The number of rotatable bonds is 8. The van der Waals surface area contributed by atoms with Crippen LogP contribution in [-0.2, 0) is 28.7 Å². The smallest absolute Gasteiger partial charge is 0.240 e. The van der Waals surface area contributed by atoms with Crippen molar-refractivity contribution in [2.45, 2.75) is 39.5 Å². The summed E-state index contributed by atoms with van der Waals surface area (Å²) < 4.78 is 4.63. The Morgan fingerprint density at radius 3 is 1.88 bits per heavy atom.